The second kappa shape index (κ2) is 19.1. The summed E-state index contributed by atoms with van der Waals surface area (Å²) in [4.78, 5) is 2.47. The first-order chi connectivity index (χ1) is 39.2. The Labute approximate surface area is 461 Å². The largest absolute Gasteiger partial charge is 0.310 e. The van der Waals surface area contributed by atoms with Crippen LogP contribution in [0.25, 0.3) is 93.9 Å². The van der Waals surface area contributed by atoms with Crippen LogP contribution in [0.5, 0.6) is 0 Å². The number of hydrogen-bond acceptors (Lipinski definition) is 1. The van der Waals surface area contributed by atoms with Gasteiger partial charge in [0.25, 0.3) is 0 Å². The zero-order valence-electron chi connectivity index (χ0n) is 43.4. The molecule has 15 rings (SSSR count). The number of rotatable bonds is 10. The number of hydrogen-bond donors (Lipinski definition) is 0. The quantitative estimate of drug-likeness (QED) is 0.133. The van der Waals surface area contributed by atoms with E-state index in [1.807, 2.05) is 0 Å². The summed E-state index contributed by atoms with van der Waals surface area (Å²) < 4.78 is 2.40. The Balaban J connectivity index is 0.918. The Morgan fingerprint density at radius 1 is 0.278 bits per heavy atom. The molecule has 0 unspecified atom stereocenters. The number of anilines is 3. The third-order valence-corrected chi connectivity index (χ3v) is 16.5. The highest BCUT2D eigenvalue weighted by atomic mass is 15.1. The number of nitrogens with zero attached hydrogens (tertiary/aromatic N) is 2. The van der Waals surface area contributed by atoms with Crippen molar-refractivity contribution in [3.63, 3.8) is 0 Å². The minimum absolute atomic E-state index is 0.487. The molecule has 0 saturated heterocycles. The average molecular weight is 1010 g/mol. The lowest BCUT2D eigenvalue weighted by atomic mass is 9.67. The first kappa shape index (κ1) is 46.1. The number of benzene rings is 13. The Kier molecular flexibility index (Phi) is 11.1. The average Bonchev–Trinajstić information content (AvgIpc) is 4.25. The Morgan fingerprint density at radius 3 is 1.56 bits per heavy atom. The topological polar surface area (TPSA) is 8.17 Å². The zero-order chi connectivity index (χ0) is 52.3. The highest BCUT2D eigenvalue weighted by molar-refractivity contribution is 6.16. The third-order valence-electron chi connectivity index (χ3n) is 16.5. The lowest BCUT2D eigenvalue weighted by molar-refractivity contribution is 0.769. The van der Waals surface area contributed by atoms with Gasteiger partial charge in [-0.2, -0.15) is 0 Å². The SMILES string of the molecule is c1ccc(-c2cccc3cccc(-c4ccccc4N(c4ccc(-c5ccc6c(c5)C(c5ccccc5)(c5ccccc5)c5ccccc5-6)cc4)c4cccc(-c5cccc6c5c5ccccc5n6-c5ccccc5)c4)c23)cc1. The van der Waals surface area contributed by atoms with Crippen molar-refractivity contribution in [2.75, 3.05) is 4.90 Å². The summed E-state index contributed by atoms with van der Waals surface area (Å²) in [5.41, 5.74) is 23.3. The Morgan fingerprint density at radius 2 is 0.810 bits per heavy atom. The molecule has 0 spiro atoms. The molecule has 0 radical (unpaired) electrons. The summed E-state index contributed by atoms with van der Waals surface area (Å²) >= 11 is 0. The van der Waals surface area contributed by atoms with Gasteiger partial charge in [-0.15, -0.1) is 0 Å². The molecule has 1 aromatic heterocycles. The first-order valence-corrected chi connectivity index (χ1v) is 27.3. The third kappa shape index (κ3) is 7.48. The van der Waals surface area contributed by atoms with Gasteiger partial charge in [-0.1, -0.05) is 255 Å². The van der Waals surface area contributed by atoms with E-state index >= 15 is 0 Å². The molecule has 2 heteroatoms. The lowest BCUT2D eigenvalue weighted by Gasteiger charge is -2.34. The van der Waals surface area contributed by atoms with Crippen molar-refractivity contribution in [2.45, 2.75) is 5.41 Å². The van der Waals surface area contributed by atoms with Gasteiger partial charge in [-0.3, -0.25) is 0 Å². The van der Waals surface area contributed by atoms with Crippen LogP contribution in [0.1, 0.15) is 22.3 Å². The second-order valence-electron chi connectivity index (χ2n) is 20.7. The fourth-order valence-corrected chi connectivity index (χ4v) is 13.1. The summed E-state index contributed by atoms with van der Waals surface area (Å²) in [7, 11) is 0. The molecule has 1 heterocycles. The van der Waals surface area contributed by atoms with Gasteiger partial charge in [0, 0.05) is 33.4 Å². The molecular formula is C77H52N2. The molecule has 370 valence electrons. The monoisotopic (exact) mass is 1000 g/mol. The minimum atomic E-state index is -0.487. The van der Waals surface area contributed by atoms with Crippen LogP contribution in [0.15, 0.2) is 315 Å². The fourth-order valence-electron chi connectivity index (χ4n) is 13.1. The molecule has 0 amide bonds. The predicted molar refractivity (Wildman–Crippen MR) is 332 cm³/mol. The van der Waals surface area contributed by atoms with Gasteiger partial charge in [0.1, 0.15) is 0 Å². The molecule has 2 nitrogen and oxygen atoms in total. The minimum Gasteiger partial charge on any atom is -0.310 e. The summed E-state index contributed by atoms with van der Waals surface area (Å²) in [6, 6.07) is 116. The molecule has 0 saturated carbocycles. The maximum Gasteiger partial charge on any atom is 0.0713 e. The van der Waals surface area contributed by atoms with Crippen molar-refractivity contribution in [3.05, 3.63) is 338 Å². The number of para-hydroxylation sites is 3. The van der Waals surface area contributed by atoms with Gasteiger partial charge in [0.2, 0.25) is 0 Å². The van der Waals surface area contributed by atoms with Gasteiger partial charge in [-0.05, 0) is 144 Å². The molecule has 0 fully saturated rings. The van der Waals surface area contributed by atoms with Gasteiger partial charge in [-0.25, -0.2) is 0 Å². The van der Waals surface area contributed by atoms with Crippen LogP contribution in [0, 0.1) is 0 Å². The van der Waals surface area contributed by atoms with Gasteiger partial charge in [0.05, 0.1) is 22.1 Å². The van der Waals surface area contributed by atoms with Gasteiger partial charge >= 0.3 is 0 Å². The van der Waals surface area contributed by atoms with Crippen LogP contribution >= 0.6 is 0 Å². The molecule has 0 atom stereocenters. The van der Waals surface area contributed by atoms with Crippen LogP contribution in [0.4, 0.5) is 17.1 Å². The van der Waals surface area contributed by atoms with Gasteiger partial charge < -0.3 is 9.47 Å². The molecule has 13 aromatic carbocycles. The molecule has 0 N–H and O–H groups in total. The lowest BCUT2D eigenvalue weighted by Crippen LogP contribution is -2.28. The van der Waals surface area contributed by atoms with Crippen LogP contribution in [-0.2, 0) is 5.41 Å². The number of fused-ring (bicyclic) bond motifs is 7. The van der Waals surface area contributed by atoms with Crippen LogP contribution < -0.4 is 4.90 Å². The van der Waals surface area contributed by atoms with Crippen molar-refractivity contribution >= 4 is 49.6 Å². The summed E-state index contributed by atoms with van der Waals surface area (Å²) in [6.07, 6.45) is 0. The zero-order valence-corrected chi connectivity index (χ0v) is 43.4. The number of aromatic nitrogens is 1. The van der Waals surface area contributed by atoms with Crippen molar-refractivity contribution < 1.29 is 0 Å². The van der Waals surface area contributed by atoms with Crippen molar-refractivity contribution in [3.8, 4) is 61.3 Å². The van der Waals surface area contributed by atoms with Crippen LogP contribution in [0.2, 0.25) is 0 Å². The highest BCUT2D eigenvalue weighted by Gasteiger charge is 2.46. The fraction of sp³-hybridized carbons (Fsp3) is 0.0130. The smallest absolute Gasteiger partial charge is 0.0713 e. The van der Waals surface area contributed by atoms with E-state index < -0.39 is 5.41 Å². The van der Waals surface area contributed by atoms with Crippen molar-refractivity contribution in [1.29, 1.82) is 0 Å². The molecule has 0 aliphatic heterocycles. The van der Waals surface area contributed by atoms with Crippen molar-refractivity contribution in [2.24, 2.45) is 0 Å². The van der Waals surface area contributed by atoms with E-state index in [-0.39, 0.29) is 0 Å². The van der Waals surface area contributed by atoms with E-state index in [0.29, 0.717) is 0 Å². The maximum atomic E-state index is 2.47. The second-order valence-corrected chi connectivity index (χ2v) is 20.7. The molecule has 79 heavy (non-hydrogen) atoms. The van der Waals surface area contributed by atoms with Crippen LogP contribution in [-0.4, -0.2) is 4.57 Å². The standard InChI is InChI=1S/C77H52N2/c1-5-23-54(24-6-1)63-38-20-25-55-26-21-40-68(75(55)63)67-36-14-17-42-72(67)78(62-34-19-27-57(51-62)64-39-22-44-74-76(64)69-37-15-18-43-73(69)79(74)60-32-11-4-12-33-60)61-48-45-53(46-49-61)56-47-50-66-65-35-13-16-41-70(65)77(71(66)52-56,58-28-7-2-8-29-58)59-30-9-3-10-31-59/h1-52H. The Hall–Kier alpha value is -10.3. The van der Waals surface area contributed by atoms with Crippen molar-refractivity contribution in [1.82, 2.24) is 4.57 Å². The van der Waals surface area contributed by atoms with E-state index in [0.717, 1.165) is 39.4 Å². The first-order valence-electron chi connectivity index (χ1n) is 27.3. The van der Waals surface area contributed by atoms with E-state index in [4.69, 9.17) is 0 Å². The van der Waals surface area contributed by atoms with Gasteiger partial charge in [0.15, 0.2) is 0 Å². The normalized spacial score (nSPS) is 12.4. The van der Waals surface area contributed by atoms with E-state index in [1.165, 1.54) is 93.8 Å². The van der Waals surface area contributed by atoms with E-state index in [1.54, 1.807) is 0 Å². The summed E-state index contributed by atoms with van der Waals surface area (Å²) in [5.74, 6) is 0. The molecular weight excluding hydrogens is 953 g/mol. The molecule has 1 aliphatic carbocycles. The maximum absolute atomic E-state index is 2.47. The van der Waals surface area contributed by atoms with E-state index in [2.05, 4.69) is 325 Å². The molecule has 1 aliphatic rings. The highest BCUT2D eigenvalue weighted by Crippen LogP contribution is 2.57. The summed E-state index contributed by atoms with van der Waals surface area (Å²) in [5, 5.41) is 4.90. The van der Waals surface area contributed by atoms with Crippen LogP contribution in [0.3, 0.4) is 0 Å². The molecule has 14 aromatic rings. The molecule has 0 bridgehead atoms. The van der Waals surface area contributed by atoms with E-state index in [9.17, 15) is 0 Å². The predicted octanol–water partition coefficient (Wildman–Crippen LogP) is 20.4. The Bertz CT molecular complexity index is 4530. The summed E-state index contributed by atoms with van der Waals surface area (Å²) in [6.45, 7) is 0.